The molecule has 0 radical (unpaired) electrons. The van der Waals surface area contributed by atoms with E-state index in [-0.39, 0.29) is 37.6 Å². The molecule has 0 saturated heterocycles. The van der Waals surface area contributed by atoms with Crippen LogP contribution in [-0.4, -0.2) is 91.7 Å². The Labute approximate surface area is 378 Å². The SMILES string of the molecule is COc1ccc(CN(Cc2ccc(OC)cc2)S(=O)(=O)c2c(S(=O)(=O)CCNC(=O)OC(C)(C)C)ccc(-c3ccnc4ccccc34)c2-c2nnn(Cc3ccc(OC)cc3)n2)cc1. The first-order valence-corrected chi connectivity index (χ1v) is 23.6. The predicted molar refractivity (Wildman–Crippen MR) is 245 cm³/mol. The van der Waals surface area contributed by atoms with Crippen LogP contribution in [-0.2, 0) is 44.2 Å². The number of amides is 1. The fourth-order valence-electron chi connectivity index (χ4n) is 7.08. The molecule has 7 aromatic rings. The van der Waals surface area contributed by atoms with Crippen molar-refractivity contribution in [1.29, 1.82) is 0 Å². The Kier molecular flexibility index (Phi) is 13.8. The van der Waals surface area contributed by atoms with Crippen LogP contribution in [0.1, 0.15) is 37.5 Å². The van der Waals surface area contributed by atoms with Crippen LogP contribution in [0.15, 0.2) is 131 Å². The number of methoxy groups -OCH3 is 3. The smallest absolute Gasteiger partial charge is 0.407 e. The van der Waals surface area contributed by atoms with E-state index in [4.69, 9.17) is 24.0 Å². The number of alkyl carbamates (subject to hydrolysis) is 1. The Balaban J connectivity index is 1.48. The molecule has 0 spiro atoms. The number of nitrogens with one attached hydrogen (secondary N) is 1. The maximum atomic E-state index is 16.0. The molecule has 7 rings (SSSR count). The van der Waals surface area contributed by atoms with Gasteiger partial charge >= 0.3 is 6.09 Å². The molecular weight excluding hydrogens is 871 g/mol. The van der Waals surface area contributed by atoms with Gasteiger partial charge < -0.3 is 24.3 Å². The number of carbonyl (C=O) groups is 1. The zero-order valence-corrected chi connectivity index (χ0v) is 38.4. The minimum atomic E-state index is -4.89. The van der Waals surface area contributed by atoms with Gasteiger partial charge in [-0.05, 0) is 108 Å². The average Bonchev–Trinajstić information content (AvgIpc) is 3.76. The minimum absolute atomic E-state index is 0.0991. The summed E-state index contributed by atoms with van der Waals surface area (Å²) in [5.74, 6) is 0.953. The van der Waals surface area contributed by atoms with Gasteiger partial charge in [0, 0.05) is 31.2 Å². The van der Waals surface area contributed by atoms with Crippen molar-refractivity contribution in [3.8, 4) is 39.8 Å². The van der Waals surface area contributed by atoms with E-state index in [2.05, 4.69) is 20.6 Å². The topological polar surface area (TPSA) is 194 Å². The normalized spacial score (nSPS) is 12.0. The van der Waals surface area contributed by atoms with E-state index >= 15 is 8.42 Å². The molecule has 0 aliphatic carbocycles. The van der Waals surface area contributed by atoms with Crippen molar-refractivity contribution in [3.05, 3.63) is 138 Å². The van der Waals surface area contributed by atoms with Gasteiger partial charge in [-0.15, -0.1) is 10.2 Å². The number of benzene rings is 5. The standard InChI is InChI=1S/C47H49N7O9S2/c1-47(2,3)63-46(55)49-27-28-64(56,57)42-24-23-40(38-25-26-48-41-10-8-7-9-39(38)41)43(45-50-52-54(51-45)31-34-15-21-37(62-6)22-16-34)44(42)65(58,59)53(29-32-11-17-35(60-4)18-12-32)30-33-13-19-36(61-5)20-14-33/h7-26H,27-31H2,1-6H3,(H,49,55). The molecule has 0 fully saturated rings. The number of carbonyl (C=O) groups excluding carboxylic acids is 1. The van der Waals surface area contributed by atoms with Crippen molar-refractivity contribution in [2.75, 3.05) is 33.6 Å². The first-order valence-electron chi connectivity index (χ1n) is 20.5. The Hall–Kier alpha value is -6.89. The number of sulfonamides is 1. The van der Waals surface area contributed by atoms with E-state index in [0.29, 0.717) is 50.4 Å². The monoisotopic (exact) mass is 919 g/mol. The summed E-state index contributed by atoms with van der Waals surface area (Å²) in [6.45, 7) is 4.43. The highest BCUT2D eigenvalue weighted by Gasteiger charge is 2.38. The zero-order valence-electron chi connectivity index (χ0n) is 36.8. The fraction of sp³-hybridized carbons (Fsp3) is 0.255. The van der Waals surface area contributed by atoms with Gasteiger partial charge in [0.15, 0.2) is 9.84 Å². The number of para-hydroxylation sites is 1. The molecule has 0 atom stereocenters. The maximum Gasteiger partial charge on any atom is 0.407 e. The number of fused-ring (bicyclic) bond motifs is 1. The highest BCUT2D eigenvalue weighted by Crippen LogP contribution is 2.43. The van der Waals surface area contributed by atoms with Crippen molar-refractivity contribution in [1.82, 2.24) is 34.8 Å². The number of nitrogens with zero attached hydrogens (tertiary/aromatic N) is 6. The number of rotatable bonds is 17. The number of tetrazole rings is 1. The molecule has 1 N–H and O–H groups in total. The van der Waals surface area contributed by atoms with Crippen LogP contribution >= 0.6 is 0 Å². The van der Waals surface area contributed by atoms with Crippen LogP contribution in [0, 0.1) is 0 Å². The van der Waals surface area contributed by atoms with E-state index in [1.807, 2.05) is 36.4 Å². The highest BCUT2D eigenvalue weighted by molar-refractivity contribution is 7.93. The molecule has 16 nitrogen and oxygen atoms in total. The lowest BCUT2D eigenvalue weighted by molar-refractivity contribution is 0.0531. The first kappa shape index (κ1) is 46.1. The molecule has 0 aliphatic heterocycles. The minimum Gasteiger partial charge on any atom is -0.497 e. The van der Waals surface area contributed by atoms with Crippen molar-refractivity contribution < 1.29 is 40.6 Å². The van der Waals surface area contributed by atoms with Gasteiger partial charge in [-0.1, -0.05) is 60.7 Å². The van der Waals surface area contributed by atoms with Crippen LogP contribution < -0.4 is 19.5 Å². The molecule has 5 aromatic carbocycles. The number of aromatic nitrogens is 5. The predicted octanol–water partition coefficient (Wildman–Crippen LogP) is 7.32. The second-order valence-corrected chi connectivity index (χ2v) is 19.9. The summed E-state index contributed by atoms with van der Waals surface area (Å²) < 4.78 is 84.3. The van der Waals surface area contributed by atoms with Gasteiger partial charge in [-0.2, -0.15) is 9.10 Å². The lowest BCUT2D eigenvalue weighted by Crippen LogP contribution is -2.35. The van der Waals surface area contributed by atoms with E-state index in [1.165, 1.54) is 29.4 Å². The quantitative estimate of drug-likeness (QED) is 0.0956. The van der Waals surface area contributed by atoms with Gasteiger partial charge in [-0.3, -0.25) is 4.98 Å². The Morgan fingerprint density at radius 1 is 0.708 bits per heavy atom. The molecule has 65 heavy (non-hydrogen) atoms. The molecule has 0 bridgehead atoms. The van der Waals surface area contributed by atoms with Gasteiger partial charge in [0.1, 0.15) is 27.7 Å². The molecule has 0 aliphatic rings. The second-order valence-electron chi connectivity index (χ2n) is 15.9. The third kappa shape index (κ3) is 10.9. The average molecular weight is 920 g/mol. The third-order valence-electron chi connectivity index (χ3n) is 10.2. The molecule has 1 amide bonds. The summed E-state index contributed by atoms with van der Waals surface area (Å²) in [6, 6.07) is 32.9. The van der Waals surface area contributed by atoms with Gasteiger partial charge in [0.05, 0.1) is 49.6 Å². The largest absolute Gasteiger partial charge is 0.497 e. The summed E-state index contributed by atoms with van der Waals surface area (Å²) in [5, 5.41) is 16.7. The van der Waals surface area contributed by atoms with E-state index < -0.39 is 47.1 Å². The lowest BCUT2D eigenvalue weighted by atomic mass is 9.96. The van der Waals surface area contributed by atoms with E-state index in [9.17, 15) is 13.2 Å². The molecule has 0 unspecified atom stereocenters. The van der Waals surface area contributed by atoms with Gasteiger partial charge in [-0.25, -0.2) is 21.6 Å². The fourth-order valence-corrected chi connectivity index (χ4v) is 10.7. The molecule has 0 saturated carbocycles. The van der Waals surface area contributed by atoms with Crippen LogP contribution in [0.25, 0.3) is 33.4 Å². The number of ether oxygens (including phenoxy) is 4. The molecule has 18 heteroatoms. The zero-order chi connectivity index (χ0) is 46.4. The summed E-state index contributed by atoms with van der Waals surface area (Å²) in [4.78, 5) is 17.4. The molecule has 2 aromatic heterocycles. The van der Waals surface area contributed by atoms with Crippen LogP contribution in [0.4, 0.5) is 4.79 Å². The second kappa shape index (κ2) is 19.5. The Morgan fingerprint density at radius 2 is 1.28 bits per heavy atom. The lowest BCUT2D eigenvalue weighted by Gasteiger charge is -2.26. The summed E-state index contributed by atoms with van der Waals surface area (Å²) in [6.07, 6.45) is 0.764. The van der Waals surface area contributed by atoms with Crippen molar-refractivity contribution >= 4 is 36.9 Å². The molecular formula is C47H49N7O9S2. The number of hydrogen-bond donors (Lipinski definition) is 1. The van der Waals surface area contributed by atoms with Crippen LogP contribution in [0.5, 0.6) is 17.2 Å². The number of pyridine rings is 1. The molecule has 2 heterocycles. The van der Waals surface area contributed by atoms with Crippen molar-refractivity contribution in [2.24, 2.45) is 0 Å². The summed E-state index contributed by atoms with van der Waals surface area (Å²) in [7, 11) is -4.82. The highest BCUT2D eigenvalue weighted by atomic mass is 32.2. The van der Waals surface area contributed by atoms with Crippen molar-refractivity contribution in [3.63, 3.8) is 0 Å². The van der Waals surface area contributed by atoms with Crippen LogP contribution in [0.2, 0.25) is 0 Å². The Morgan fingerprint density at radius 3 is 1.85 bits per heavy atom. The first-order chi connectivity index (χ1) is 31.1. The maximum absolute atomic E-state index is 16.0. The van der Waals surface area contributed by atoms with E-state index in [0.717, 1.165) is 5.56 Å². The number of hydrogen-bond acceptors (Lipinski definition) is 13. The number of sulfone groups is 1. The Bertz CT molecular complexity index is 2960. The molecule has 338 valence electrons. The van der Waals surface area contributed by atoms with Gasteiger partial charge in [0.2, 0.25) is 15.8 Å². The summed E-state index contributed by atoms with van der Waals surface area (Å²) >= 11 is 0. The third-order valence-corrected chi connectivity index (χ3v) is 14.0. The van der Waals surface area contributed by atoms with Gasteiger partial charge in [0.25, 0.3) is 0 Å². The summed E-state index contributed by atoms with van der Waals surface area (Å²) in [5.41, 5.74) is 2.50. The van der Waals surface area contributed by atoms with E-state index in [1.54, 1.807) is 107 Å². The van der Waals surface area contributed by atoms with Crippen molar-refractivity contribution in [2.45, 2.75) is 55.8 Å². The van der Waals surface area contributed by atoms with Crippen LogP contribution in [0.3, 0.4) is 0 Å².